The Hall–Kier alpha value is -1.56. The van der Waals surface area contributed by atoms with Gasteiger partial charge >= 0.3 is 0 Å². The first-order valence-corrected chi connectivity index (χ1v) is 8.88. The second-order valence-electron chi connectivity index (χ2n) is 8.06. The lowest BCUT2D eigenvalue weighted by Crippen LogP contribution is -2.48. The molecular weight excluding hydrogens is 264 g/mol. The molecular formula is C22H23. The molecule has 0 unspecified atom stereocenters. The summed E-state index contributed by atoms with van der Waals surface area (Å²) in [4.78, 5) is 0. The molecule has 4 bridgehead atoms. The molecule has 1 radical (unpaired) electrons. The van der Waals surface area contributed by atoms with Gasteiger partial charge in [-0.15, -0.1) is 0 Å². The van der Waals surface area contributed by atoms with Crippen molar-refractivity contribution in [3.05, 3.63) is 60.2 Å². The fourth-order valence-corrected chi connectivity index (χ4v) is 6.06. The second-order valence-corrected chi connectivity index (χ2v) is 8.06. The van der Waals surface area contributed by atoms with Crippen LogP contribution in [0.4, 0.5) is 0 Å². The van der Waals surface area contributed by atoms with Gasteiger partial charge in [0.1, 0.15) is 0 Å². The summed E-state index contributed by atoms with van der Waals surface area (Å²) in [6, 6.07) is 20.9. The molecule has 0 nitrogen and oxygen atoms in total. The highest BCUT2D eigenvalue weighted by Crippen LogP contribution is 2.60. The highest BCUT2D eigenvalue weighted by molar-refractivity contribution is 5.63. The highest BCUT2D eigenvalue weighted by atomic mass is 14.6. The van der Waals surface area contributed by atoms with Crippen molar-refractivity contribution in [3.8, 4) is 11.1 Å². The summed E-state index contributed by atoms with van der Waals surface area (Å²) >= 11 is 0. The summed E-state index contributed by atoms with van der Waals surface area (Å²) in [6.07, 6.45) is 8.95. The van der Waals surface area contributed by atoms with Crippen molar-refractivity contribution in [2.45, 2.75) is 43.9 Å². The van der Waals surface area contributed by atoms with Crippen LogP contribution >= 0.6 is 0 Å². The molecule has 0 amide bonds. The minimum Gasteiger partial charge on any atom is -0.0579 e. The third kappa shape index (κ3) is 1.96. The quantitative estimate of drug-likeness (QED) is 0.672. The van der Waals surface area contributed by atoms with Gasteiger partial charge in [-0.2, -0.15) is 0 Å². The lowest BCUT2D eigenvalue weighted by molar-refractivity contribution is -0.00518. The van der Waals surface area contributed by atoms with Crippen molar-refractivity contribution in [1.82, 2.24) is 0 Å². The van der Waals surface area contributed by atoms with Crippen LogP contribution in [0.1, 0.15) is 44.1 Å². The Kier molecular flexibility index (Phi) is 2.77. The maximum absolute atomic E-state index is 3.10. The van der Waals surface area contributed by atoms with E-state index in [-0.39, 0.29) is 0 Å². The largest absolute Gasteiger partial charge is 0.0579 e. The zero-order valence-corrected chi connectivity index (χ0v) is 13.1. The second kappa shape index (κ2) is 4.72. The smallest absolute Gasteiger partial charge is 0.00391 e. The summed E-state index contributed by atoms with van der Waals surface area (Å²) in [6.45, 7) is 0. The Morgan fingerprint density at radius 2 is 1.18 bits per heavy atom. The van der Waals surface area contributed by atoms with E-state index in [1.807, 2.05) is 12.1 Å². The summed E-state index contributed by atoms with van der Waals surface area (Å²) < 4.78 is 0. The molecule has 0 heteroatoms. The Balaban J connectivity index is 1.49. The van der Waals surface area contributed by atoms with Crippen LogP contribution in [0, 0.1) is 23.8 Å². The van der Waals surface area contributed by atoms with Crippen molar-refractivity contribution in [3.63, 3.8) is 0 Å². The molecule has 0 spiro atoms. The summed E-state index contributed by atoms with van der Waals surface area (Å²) in [5.41, 5.74) is 4.79. The molecule has 0 heterocycles. The van der Waals surface area contributed by atoms with Crippen LogP contribution in [0.25, 0.3) is 11.1 Å². The average Bonchev–Trinajstić information content (AvgIpc) is 2.55. The molecule has 4 aliphatic carbocycles. The SMILES string of the molecule is [c]1ccc(-c2ccc(C34CC5CC(CC(C5)C3)C4)cc2)cc1. The minimum absolute atomic E-state index is 0.526. The van der Waals surface area contributed by atoms with E-state index in [1.165, 1.54) is 49.7 Å². The third-order valence-electron chi connectivity index (χ3n) is 6.59. The van der Waals surface area contributed by atoms with E-state index in [0.717, 1.165) is 17.8 Å². The van der Waals surface area contributed by atoms with Crippen LogP contribution in [0.3, 0.4) is 0 Å². The fourth-order valence-electron chi connectivity index (χ4n) is 6.06. The lowest BCUT2D eigenvalue weighted by atomic mass is 9.48. The van der Waals surface area contributed by atoms with Crippen molar-refractivity contribution >= 4 is 0 Å². The molecule has 2 aromatic rings. The standard InChI is InChI=1S/C22H23/c1-2-4-19(5-3-1)20-6-8-21(9-7-20)22-13-16-10-17(14-22)12-18(11-16)15-22/h2-9,16-18H,10-15H2. The Morgan fingerprint density at radius 3 is 1.73 bits per heavy atom. The zero-order valence-electron chi connectivity index (χ0n) is 13.1. The first-order valence-electron chi connectivity index (χ1n) is 8.88. The van der Waals surface area contributed by atoms with Crippen molar-refractivity contribution in [2.24, 2.45) is 17.8 Å². The maximum atomic E-state index is 3.10. The van der Waals surface area contributed by atoms with Crippen LogP contribution in [0.2, 0.25) is 0 Å². The molecule has 4 aliphatic rings. The van der Waals surface area contributed by atoms with Gasteiger partial charge in [0.2, 0.25) is 0 Å². The van der Waals surface area contributed by atoms with Gasteiger partial charge in [-0.3, -0.25) is 0 Å². The van der Waals surface area contributed by atoms with Crippen LogP contribution in [-0.2, 0) is 5.41 Å². The van der Waals surface area contributed by atoms with Crippen LogP contribution in [0.15, 0.2) is 48.5 Å². The Bertz CT molecular complexity index is 630. The minimum atomic E-state index is 0.526. The van der Waals surface area contributed by atoms with Gasteiger partial charge in [-0.1, -0.05) is 48.5 Å². The van der Waals surface area contributed by atoms with Gasteiger partial charge in [0.05, 0.1) is 0 Å². The first kappa shape index (κ1) is 12.9. The van der Waals surface area contributed by atoms with Crippen molar-refractivity contribution in [2.75, 3.05) is 0 Å². The van der Waals surface area contributed by atoms with E-state index in [2.05, 4.69) is 42.5 Å². The summed E-state index contributed by atoms with van der Waals surface area (Å²) in [7, 11) is 0. The number of benzene rings is 2. The number of hydrogen-bond acceptors (Lipinski definition) is 0. The normalized spacial score (nSPS) is 35.7. The topological polar surface area (TPSA) is 0 Å². The molecule has 0 N–H and O–H groups in total. The fraction of sp³-hybridized carbons (Fsp3) is 0.455. The lowest BCUT2D eigenvalue weighted by Gasteiger charge is -2.57. The van der Waals surface area contributed by atoms with Gasteiger partial charge in [0, 0.05) is 0 Å². The number of hydrogen-bond donors (Lipinski definition) is 0. The van der Waals surface area contributed by atoms with E-state index >= 15 is 0 Å². The maximum Gasteiger partial charge on any atom is -0.00391 e. The van der Waals surface area contributed by atoms with Crippen LogP contribution in [-0.4, -0.2) is 0 Å². The monoisotopic (exact) mass is 287 g/mol. The van der Waals surface area contributed by atoms with Crippen LogP contribution in [0.5, 0.6) is 0 Å². The first-order chi connectivity index (χ1) is 10.8. The van der Waals surface area contributed by atoms with Crippen molar-refractivity contribution < 1.29 is 0 Å². The van der Waals surface area contributed by atoms with Crippen LogP contribution < -0.4 is 0 Å². The average molecular weight is 287 g/mol. The molecule has 0 aliphatic heterocycles. The Morgan fingerprint density at radius 1 is 0.682 bits per heavy atom. The molecule has 22 heavy (non-hydrogen) atoms. The van der Waals surface area contributed by atoms with Gasteiger partial charge in [0.15, 0.2) is 0 Å². The molecule has 2 aromatic carbocycles. The highest BCUT2D eigenvalue weighted by Gasteiger charge is 2.51. The molecule has 6 rings (SSSR count). The molecule has 0 atom stereocenters. The van der Waals surface area contributed by atoms with Crippen molar-refractivity contribution in [1.29, 1.82) is 0 Å². The third-order valence-corrected chi connectivity index (χ3v) is 6.59. The van der Waals surface area contributed by atoms with E-state index < -0.39 is 0 Å². The van der Waals surface area contributed by atoms with E-state index in [1.54, 1.807) is 5.56 Å². The van der Waals surface area contributed by atoms with E-state index in [0.29, 0.717) is 5.41 Å². The predicted octanol–water partition coefficient (Wildman–Crippen LogP) is 5.62. The predicted molar refractivity (Wildman–Crippen MR) is 90.6 cm³/mol. The molecule has 0 saturated heterocycles. The van der Waals surface area contributed by atoms with E-state index in [4.69, 9.17) is 0 Å². The van der Waals surface area contributed by atoms with Gasteiger partial charge in [0.25, 0.3) is 0 Å². The zero-order chi connectivity index (χ0) is 14.6. The molecule has 111 valence electrons. The molecule has 4 saturated carbocycles. The molecule has 4 fully saturated rings. The molecule has 0 aromatic heterocycles. The van der Waals surface area contributed by atoms with Gasteiger partial charge in [-0.25, -0.2) is 0 Å². The summed E-state index contributed by atoms with van der Waals surface area (Å²) in [5, 5.41) is 0. The van der Waals surface area contributed by atoms with Gasteiger partial charge in [-0.05, 0) is 84.5 Å². The van der Waals surface area contributed by atoms with Gasteiger partial charge < -0.3 is 0 Å². The summed E-state index contributed by atoms with van der Waals surface area (Å²) in [5.74, 6) is 3.07. The van der Waals surface area contributed by atoms with E-state index in [9.17, 15) is 0 Å². The number of rotatable bonds is 2. The Labute approximate surface area is 133 Å².